The number of hydrogen-bond acceptors (Lipinski definition) is 4. The number of benzene rings is 2. The molecule has 0 fully saturated rings. The molecule has 2 rings (SSSR count). The Bertz CT molecular complexity index is 688. The van der Waals surface area contributed by atoms with Gasteiger partial charge in [-0.3, -0.25) is 4.79 Å². The lowest BCUT2D eigenvalue weighted by molar-refractivity contribution is -0.113. The SMILES string of the molecule is CCOC(=O)c1ccc(NC(=O)CSc2ccccc2Cl)cc1. The molecule has 0 saturated heterocycles. The maximum atomic E-state index is 12.0. The van der Waals surface area contributed by atoms with Crippen molar-refractivity contribution in [1.29, 1.82) is 0 Å². The predicted octanol–water partition coefficient (Wildman–Crippen LogP) is 4.25. The Morgan fingerprint density at radius 2 is 1.83 bits per heavy atom. The second kappa shape index (κ2) is 8.60. The van der Waals surface area contributed by atoms with E-state index in [1.54, 1.807) is 37.3 Å². The normalized spacial score (nSPS) is 10.2. The Labute approximate surface area is 144 Å². The zero-order valence-electron chi connectivity index (χ0n) is 12.5. The lowest BCUT2D eigenvalue weighted by Gasteiger charge is -2.07. The molecule has 0 spiro atoms. The van der Waals surface area contributed by atoms with Gasteiger partial charge >= 0.3 is 5.97 Å². The topological polar surface area (TPSA) is 55.4 Å². The molecule has 0 radical (unpaired) electrons. The number of amides is 1. The number of nitrogens with one attached hydrogen (secondary N) is 1. The molecular formula is C17H16ClNO3S. The highest BCUT2D eigenvalue weighted by molar-refractivity contribution is 8.00. The molecular weight excluding hydrogens is 334 g/mol. The van der Waals surface area contributed by atoms with Crippen molar-refractivity contribution in [3.63, 3.8) is 0 Å². The Kier molecular flexibility index (Phi) is 6.50. The average Bonchev–Trinajstić information content (AvgIpc) is 2.55. The van der Waals surface area contributed by atoms with Crippen molar-refractivity contribution >= 4 is 40.9 Å². The van der Waals surface area contributed by atoms with Crippen LogP contribution in [-0.2, 0) is 9.53 Å². The first kappa shape index (κ1) is 17.4. The number of carbonyl (C=O) groups is 2. The molecule has 1 amide bonds. The number of anilines is 1. The Morgan fingerprint density at radius 3 is 2.48 bits per heavy atom. The minimum Gasteiger partial charge on any atom is -0.462 e. The molecule has 120 valence electrons. The van der Waals surface area contributed by atoms with E-state index in [0.29, 0.717) is 22.9 Å². The second-order valence-corrected chi connectivity index (χ2v) is 5.99. The van der Waals surface area contributed by atoms with Crippen LogP contribution in [0, 0.1) is 0 Å². The van der Waals surface area contributed by atoms with Crippen LogP contribution in [0.25, 0.3) is 0 Å². The zero-order chi connectivity index (χ0) is 16.7. The van der Waals surface area contributed by atoms with Crippen LogP contribution in [0.3, 0.4) is 0 Å². The molecule has 0 aliphatic heterocycles. The first-order valence-corrected chi connectivity index (χ1v) is 8.41. The molecule has 2 aromatic rings. The monoisotopic (exact) mass is 349 g/mol. The van der Waals surface area contributed by atoms with E-state index in [2.05, 4.69) is 5.32 Å². The standard InChI is InChI=1S/C17H16ClNO3S/c1-2-22-17(21)12-7-9-13(10-8-12)19-16(20)11-23-15-6-4-3-5-14(15)18/h3-10H,2,11H2,1H3,(H,19,20). The largest absolute Gasteiger partial charge is 0.462 e. The van der Waals surface area contributed by atoms with Gasteiger partial charge in [0.25, 0.3) is 0 Å². The summed E-state index contributed by atoms with van der Waals surface area (Å²) in [6.07, 6.45) is 0. The highest BCUT2D eigenvalue weighted by atomic mass is 35.5. The Balaban J connectivity index is 1.88. The molecule has 0 saturated carbocycles. The molecule has 6 heteroatoms. The molecule has 0 aliphatic carbocycles. The third-order valence-corrected chi connectivity index (χ3v) is 4.39. The molecule has 0 aromatic heterocycles. The fourth-order valence-electron chi connectivity index (χ4n) is 1.81. The summed E-state index contributed by atoms with van der Waals surface area (Å²) in [4.78, 5) is 24.4. The number of hydrogen-bond donors (Lipinski definition) is 1. The molecule has 2 aromatic carbocycles. The highest BCUT2D eigenvalue weighted by Crippen LogP contribution is 2.26. The lowest BCUT2D eigenvalue weighted by Crippen LogP contribution is -2.14. The third kappa shape index (κ3) is 5.30. The van der Waals surface area contributed by atoms with Gasteiger partial charge in [-0.05, 0) is 43.3 Å². The average molecular weight is 350 g/mol. The number of halogens is 1. The lowest BCUT2D eigenvalue weighted by atomic mass is 10.2. The van der Waals surface area contributed by atoms with Crippen molar-refractivity contribution in [1.82, 2.24) is 0 Å². The first-order chi connectivity index (χ1) is 11.1. The van der Waals surface area contributed by atoms with E-state index in [1.807, 2.05) is 18.2 Å². The Hall–Kier alpha value is -1.98. The van der Waals surface area contributed by atoms with Gasteiger partial charge in [-0.1, -0.05) is 23.7 Å². The minimum absolute atomic E-state index is 0.140. The summed E-state index contributed by atoms with van der Waals surface area (Å²) >= 11 is 7.42. The number of ether oxygens (including phenoxy) is 1. The summed E-state index contributed by atoms with van der Waals surface area (Å²) in [5, 5.41) is 3.40. The summed E-state index contributed by atoms with van der Waals surface area (Å²) in [5.41, 5.74) is 1.08. The highest BCUT2D eigenvalue weighted by Gasteiger charge is 2.08. The fourth-order valence-corrected chi connectivity index (χ4v) is 2.85. The van der Waals surface area contributed by atoms with Crippen LogP contribution < -0.4 is 5.32 Å². The van der Waals surface area contributed by atoms with Crippen LogP contribution in [0.2, 0.25) is 5.02 Å². The van der Waals surface area contributed by atoms with E-state index < -0.39 is 0 Å². The summed E-state index contributed by atoms with van der Waals surface area (Å²) in [7, 11) is 0. The van der Waals surface area contributed by atoms with Crippen LogP contribution in [-0.4, -0.2) is 24.2 Å². The van der Waals surface area contributed by atoms with Crippen LogP contribution >= 0.6 is 23.4 Å². The summed E-state index contributed by atoms with van der Waals surface area (Å²) in [5.74, 6) is -0.262. The van der Waals surface area contributed by atoms with Crippen LogP contribution in [0.4, 0.5) is 5.69 Å². The van der Waals surface area contributed by atoms with Gasteiger partial charge in [-0.15, -0.1) is 11.8 Å². The first-order valence-electron chi connectivity index (χ1n) is 7.04. The van der Waals surface area contributed by atoms with Gasteiger partial charge in [0.1, 0.15) is 0 Å². The van der Waals surface area contributed by atoms with Crippen LogP contribution in [0.5, 0.6) is 0 Å². The van der Waals surface area contributed by atoms with Gasteiger partial charge in [0, 0.05) is 10.6 Å². The zero-order valence-corrected chi connectivity index (χ0v) is 14.1. The predicted molar refractivity (Wildman–Crippen MR) is 93.2 cm³/mol. The molecule has 1 N–H and O–H groups in total. The van der Waals surface area contributed by atoms with Crippen molar-refractivity contribution < 1.29 is 14.3 Å². The van der Waals surface area contributed by atoms with Crippen molar-refractivity contribution in [2.45, 2.75) is 11.8 Å². The fraction of sp³-hybridized carbons (Fsp3) is 0.176. The number of thioether (sulfide) groups is 1. The van der Waals surface area contributed by atoms with Crippen molar-refractivity contribution in [3.8, 4) is 0 Å². The molecule has 0 atom stereocenters. The van der Waals surface area contributed by atoms with Gasteiger partial charge in [-0.2, -0.15) is 0 Å². The number of esters is 1. The van der Waals surface area contributed by atoms with E-state index in [0.717, 1.165) is 4.90 Å². The van der Waals surface area contributed by atoms with Gasteiger partial charge < -0.3 is 10.1 Å². The van der Waals surface area contributed by atoms with E-state index in [1.165, 1.54) is 11.8 Å². The van der Waals surface area contributed by atoms with Gasteiger partial charge in [0.2, 0.25) is 5.91 Å². The van der Waals surface area contributed by atoms with Gasteiger partial charge in [-0.25, -0.2) is 4.79 Å². The van der Waals surface area contributed by atoms with E-state index in [4.69, 9.17) is 16.3 Å². The minimum atomic E-state index is -0.375. The van der Waals surface area contributed by atoms with Crippen molar-refractivity contribution in [2.75, 3.05) is 17.7 Å². The smallest absolute Gasteiger partial charge is 0.338 e. The molecule has 23 heavy (non-hydrogen) atoms. The van der Waals surface area contributed by atoms with Gasteiger partial charge in [0.05, 0.1) is 22.9 Å². The Morgan fingerprint density at radius 1 is 1.13 bits per heavy atom. The van der Waals surface area contributed by atoms with Crippen molar-refractivity contribution in [3.05, 3.63) is 59.1 Å². The van der Waals surface area contributed by atoms with Gasteiger partial charge in [0.15, 0.2) is 0 Å². The van der Waals surface area contributed by atoms with E-state index in [-0.39, 0.29) is 17.6 Å². The molecule has 0 aliphatic rings. The van der Waals surface area contributed by atoms with Crippen molar-refractivity contribution in [2.24, 2.45) is 0 Å². The second-order valence-electron chi connectivity index (χ2n) is 4.57. The molecule has 0 heterocycles. The summed E-state index contributed by atoms with van der Waals surface area (Å²) < 4.78 is 4.91. The molecule has 0 bridgehead atoms. The van der Waals surface area contributed by atoms with E-state index in [9.17, 15) is 9.59 Å². The van der Waals surface area contributed by atoms with Crippen LogP contribution in [0.1, 0.15) is 17.3 Å². The van der Waals surface area contributed by atoms with E-state index >= 15 is 0 Å². The number of carbonyl (C=O) groups excluding carboxylic acids is 2. The molecule has 4 nitrogen and oxygen atoms in total. The third-order valence-electron chi connectivity index (χ3n) is 2.88. The maximum Gasteiger partial charge on any atom is 0.338 e. The van der Waals surface area contributed by atoms with Crippen LogP contribution in [0.15, 0.2) is 53.4 Å². The molecule has 0 unspecified atom stereocenters. The number of rotatable bonds is 6. The summed E-state index contributed by atoms with van der Waals surface area (Å²) in [6, 6.07) is 14.0. The quantitative estimate of drug-likeness (QED) is 0.625. The maximum absolute atomic E-state index is 12.0. The summed E-state index contributed by atoms with van der Waals surface area (Å²) in [6.45, 7) is 2.08.